The molecule has 0 saturated heterocycles. The van der Waals surface area contributed by atoms with Crippen LogP contribution in [0.2, 0.25) is 0 Å². The lowest BCUT2D eigenvalue weighted by Crippen LogP contribution is -2.30. The number of sulfonamides is 1. The van der Waals surface area contributed by atoms with Gasteiger partial charge in [-0.15, -0.1) is 0 Å². The first-order chi connectivity index (χ1) is 5.45. The standard InChI is InChI=1S/C6H16N2O3S/c1-6(5-9)4-8-2-3-12(7,10)11/h6,8-9H,2-5H2,1H3,(H2,7,10,11). The Labute approximate surface area is 73.0 Å². The second-order valence-corrected chi connectivity index (χ2v) is 4.59. The fraction of sp³-hybridized carbons (Fsp3) is 1.00. The Morgan fingerprint density at radius 2 is 2.17 bits per heavy atom. The number of hydrogen-bond donors (Lipinski definition) is 3. The van der Waals surface area contributed by atoms with Crippen LogP contribution in [0, 0.1) is 5.92 Å². The first-order valence-corrected chi connectivity index (χ1v) is 5.49. The van der Waals surface area contributed by atoms with Crippen molar-refractivity contribution in [2.75, 3.05) is 25.4 Å². The number of primary sulfonamides is 1. The van der Waals surface area contributed by atoms with Crippen LogP contribution in [0.4, 0.5) is 0 Å². The molecule has 0 aliphatic carbocycles. The van der Waals surface area contributed by atoms with Gasteiger partial charge in [-0.1, -0.05) is 6.92 Å². The number of nitrogens with one attached hydrogen (secondary N) is 1. The van der Waals surface area contributed by atoms with Gasteiger partial charge < -0.3 is 10.4 Å². The van der Waals surface area contributed by atoms with Gasteiger partial charge in [0.25, 0.3) is 0 Å². The number of rotatable bonds is 6. The highest BCUT2D eigenvalue weighted by atomic mass is 32.2. The Kier molecular flexibility index (Phi) is 5.39. The van der Waals surface area contributed by atoms with E-state index < -0.39 is 10.0 Å². The molecule has 1 unspecified atom stereocenters. The van der Waals surface area contributed by atoms with Crippen molar-refractivity contribution in [1.29, 1.82) is 0 Å². The summed E-state index contributed by atoms with van der Waals surface area (Å²) in [5.74, 6) is 0.0796. The molecular weight excluding hydrogens is 180 g/mol. The van der Waals surface area contributed by atoms with Crippen LogP contribution in [0.1, 0.15) is 6.92 Å². The summed E-state index contributed by atoms with van der Waals surface area (Å²) in [7, 11) is -3.35. The summed E-state index contributed by atoms with van der Waals surface area (Å²) in [6.45, 7) is 2.90. The van der Waals surface area contributed by atoms with E-state index in [4.69, 9.17) is 10.2 Å². The predicted molar refractivity (Wildman–Crippen MR) is 47.1 cm³/mol. The summed E-state index contributed by atoms with van der Waals surface area (Å²) in [5.41, 5.74) is 0. The SMILES string of the molecule is CC(CO)CNCCS(N)(=O)=O. The van der Waals surface area contributed by atoms with Crippen molar-refractivity contribution in [3.05, 3.63) is 0 Å². The zero-order chi connectivity index (χ0) is 9.61. The van der Waals surface area contributed by atoms with Gasteiger partial charge in [0, 0.05) is 13.2 Å². The van der Waals surface area contributed by atoms with Crippen molar-refractivity contribution >= 4 is 10.0 Å². The molecule has 0 rings (SSSR count). The monoisotopic (exact) mass is 196 g/mol. The first-order valence-electron chi connectivity index (χ1n) is 3.77. The molecule has 6 heteroatoms. The Bertz CT molecular complexity index is 203. The van der Waals surface area contributed by atoms with Gasteiger partial charge in [0.15, 0.2) is 0 Å². The van der Waals surface area contributed by atoms with E-state index >= 15 is 0 Å². The van der Waals surface area contributed by atoms with Crippen LogP contribution in [0.25, 0.3) is 0 Å². The normalized spacial score (nSPS) is 14.6. The molecule has 0 aliphatic rings. The van der Waals surface area contributed by atoms with Gasteiger partial charge in [0.05, 0.1) is 5.75 Å². The molecule has 0 saturated carbocycles. The highest BCUT2D eigenvalue weighted by molar-refractivity contribution is 7.89. The van der Waals surface area contributed by atoms with Crippen molar-refractivity contribution in [2.24, 2.45) is 11.1 Å². The van der Waals surface area contributed by atoms with E-state index in [9.17, 15) is 8.42 Å². The minimum absolute atomic E-state index is 0.0643. The highest BCUT2D eigenvalue weighted by Crippen LogP contribution is 1.87. The lowest BCUT2D eigenvalue weighted by molar-refractivity contribution is 0.234. The third-order valence-corrected chi connectivity index (χ3v) is 2.14. The summed E-state index contributed by atoms with van der Waals surface area (Å²) in [6, 6.07) is 0. The lowest BCUT2D eigenvalue weighted by atomic mass is 10.2. The summed E-state index contributed by atoms with van der Waals surface area (Å²) < 4.78 is 20.9. The number of hydrogen-bond acceptors (Lipinski definition) is 4. The van der Waals surface area contributed by atoms with Gasteiger partial charge >= 0.3 is 0 Å². The van der Waals surface area contributed by atoms with E-state index in [1.165, 1.54) is 0 Å². The van der Waals surface area contributed by atoms with Crippen LogP contribution in [0.3, 0.4) is 0 Å². The molecule has 0 radical (unpaired) electrons. The van der Waals surface area contributed by atoms with Crippen LogP contribution in [-0.4, -0.2) is 39.0 Å². The molecule has 0 amide bonds. The topological polar surface area (TPSA) is 92.4 Å². The third-order valence-electron chi connectivity index (χ3n) is 1.37. The maximum atomic E-state index is 10.4. The molecule has 0 bridgehead atoms. The van der Waals surface area contributed by atoms with Crippen molar-refractivity contribution < 1.29 is 13.5 Å². The van der Waals surface area contributed by atoms with Gasteiger partial charge in [-0.3, -0.25) is 0 Å². The van der Waals surface area contributed by atoms with Crippen LogP contribution >= 0.6 is 0 Å². The number of nitrogens with two attached hydrogens (primary N) is 1. The Morgan fingerprint density at radius 3 is 2.58 bits per heavy atom. The zero-order valence-electron chi connectivity index (χ0n) is 7.16. The Morgan fingerprint density at radius 1 is 1.58 bits per heavy atom. The van der Waals surface area contributed by atoms with Gasteiger partial charge in [-0.25, -0.2) is 13.6 Å². The van der Waals surface area contributed by atoms with Crippen LogP contribution in [0.15, 0.2) is 0 Å². The van der Waals surface area contributed by atoms with Crippen molar-refractivity contribution in [3.63, 3.8) is 0 Å². The minimum Gasteiger partial charge on any atom is -0.396 e. The Balaban J connectivity index is 3.34. The Hall–Kier alpha value is -0.170. The van der Waals surface area contributed by atoms with Gasteiger partial charge in [-0.05, 0) is 12.5 Å². The van der Waals surface area contributed by atoms with Gasteiger partial charge in [0.1, 0.15) is 0 Å². The molecule has 4 N–H and O–H groups in total. The minimum atomic E-state index is -3.35. The fourth-order valence-corrected chi connectivity index (χ4v) is 1.06. The van der Waals surface area contributed by atoms with Crippen LogP contribution < -0.4 is 10.5 Å². The molecule has 0 aromatic carbocycles. The van der Waals surface area contributed by atoms with Crippen molar-refractivity contribution in [3.8, 4) is 0 Å². The van der Waals surface area contributed by atoms with E-state index in [1.54, 1.807) is 0 Å². The maximum Gasteiger partial charge on any atom is 0.210 e. The molecule has 0 heterocycles. The van der Waals surface area contributed by atoms with E-state index in [-0.39, 0.29) is 18.3 Å². The molecule has 0 aromatic heterocycles. The molecule has 5 nitrogen and oxygen atoms in total. The smallest absolute Gasteiger partial charge is 0.210 e. The molecular formula is C6H16N2O3S. The molecule has 0 spiro atoms. The lowest BCUT2D eigenvalue weighted by Gasteiger charge is -2.08. The molecule has 0 aliphatic heterocycles. The van der Waals surface area contributed by atoms with Crippen molar-refractivity contribution in [2.45, 2.75) is 6.92 Å². The van der Waals surface area contributed by atoms with E-state index in [1.807, 2.05) is 6.92 Å². The summed E-state index contributed by atoms with van der Waals surface area (Å²) in [6.07, 6.45) is 0. The zero-order valence-corrected chi connectivity index (χ0v) is 7.97. The average molecular weight is 196 g/mol. The average Bonchev–Trinajstić information content (AvgIpc) is 1.96. The molecule has 0 fully saturated rings. The molecule has 12 heavy (non-hydrogen) atoms. The number of aliphatic hydroxyl groups excluding tert-OH is 1. The van der Waals surface area contributed by atoms with Gasteiger partial charge in [-0.2, -0.15) is 0 Å². The fourth-order valence-electron chi connectivity index (χ4n) is 0.627. The third kappa shape index (κ3) is 7.93. The maximum absolute atomic E-state index is 10.4. The summed E-state index contributed by atoms with van der Waals surface area (Å²) in [5, 5.41) is 16.3. The highest BCUT2D eigenvalue weighted by Gasteiger charge is 2.02. The quantitative estimate of drug-likeness (QED) is 0.450. The van der Waals surface area contributed by atoms with E-state index in [0.717, 1.165) is 0 Å². The van der Waals surface area contributed by atoms with E-state index in [2.05, 4.69) is 5.32 Å². The van der Waals surface area contributed by atoms with Gasteiger partial charge in [0.2, 0.25) is 10.0 Å². The summed E-state index contributed by atoms with van der Waals surface area (Å²) in [4.78, 5) is 0. The molecule has 0 aromatic rings. The second kappa shape index (κ2) is 5.47. The van der Waals surface area contributed by atoms with Crippen molar-refractivity contribution in [1.82, 2.24) is 5.32 Å². The van der Waals surface area contributed by atoms with E-state index in [0.29, 0.717) is 13.1 Å². The largest absolute Gasteiger partial charge is 0.396 e. The summed E-state index contributed by atoms with van der Waals surface area (Å²) >= 11 is 0. The first kappa shape index (κ1) is 11.8. The second-order valence-electron chi connectivity index (χ2n) is 2.86. The van der Waals surface area contributed by atoms with Crippen LogP contribution in [-0.2, 0) is 10.0 Å². The molecule has 1 atom stereocenters. The number of aliphatic hydroxyl groups is 1. The predicted octanol–water partition coefficient (Wildman–Crippen LogP) is -1.51. The molecule has 74 valence electrons. The van der Waals surface area contributed by atoms with Crippen LogP contribution in [0.5, 0.6) is 0 Å².